The van der Waals surface area contributed by atoms with E-state index in [1.54, 1.807) is 0 Å². The van der Waals surface area contributed by atoms with Gasteiger partial charge >= 0.3 is 0 Å². The lowest BCUT2D eigenvalue weighted by Crippen LogP contribution is -2.39. The van der Waals surface area contributed by atoms with E-state index in [0.29, 0.717) is 6.04 Å². The molecule has 0 aliphatic carbocycles. The Kier molecular flexibility index (Phi) is 5.50. The average Bonchev–Trinajstić information content (AvgIpc) is 2.28. The summed E-state index contributed by atoms with van der Waals surface area (Å²) in [6, 6.07) is 9.08. The van der Waals surface area contributed by atoms with Crippen LogP contribution in [0.3, 0.4) is 0 Å². The number of hydrogen-bond acceptors (Lipinski definition) is 2. The first-order chi connectivity index (χ1) is 7.67. The molecule has 0 aliphatic rings. The first kappa shape index (κ1) is 13.2. The Morgan fingerprint density at radius 1 is 1.25 bits per heavy atom. The molecule has 0 bridgehead atoms. The molecule has 0 fully saturated rings. The third kappa shape index (κ3) is 3.95. The van der Waals surface area contributed by atoms with Crippen LogP contribution in [0, 0.1) is 6.92 Å². The Hall–Kier alpha value is -0.860. The molecule has 0 aromatic heterocycles. The van der Waals surface area contributed by atoms with Gasteiger partial charge in [-0.1, -0.05) is 29.8 Å². The molecular weight excluding hydrogens is 198 g/mol. The van der Waals surface area contributed by atoms with Crippen molar-refractivity contribution in [2.45, 2.75) is 39.3 Å². The minimum Gasteiger partial charge on any atom is -0.377 e. The summed E-state index contributed by atoms with van der Waals surface area (Å²) in [4.78, 5) is 0. The van der Waals surface area contributed by atoms with E-state index in [0.717, 1.165) is 13.0 Å². The highest BCUT2D eigenvalue weighted by Gasteiger charge is 2.15. The molecule has 0 radical (unpaired) electrons. The molecule has 1 aromatic carbocycles. The Labute approximate surface area is 99.0 Å². The van der Waals surface area contributed by atoms with Crippen molar-refractivity contribution >= 4 is 0 Å². The number of rotatable bonds is 6. The van der Waals surface area contributed by atoms with Gasteiger partial charge in [-0.05, 0) is 39.8 Å². The van der Waals surface area contributed by atoms with E-state index in [1.165, 1.54) is 11.1 Å². The van der Waals surface area contributed by atoms with Crippen LogP contribution >= 0.6 is 0 Å². The summed E-state index contributed by atoms with van der Waals surface area (Å²) < 4.78 is 5.63. The summed E-state index contributed by atoms with van der Waals surface area (Å²) in [5.41, 5.74) is 2.67. The van der Waals surface area contributed by atoms with Gasteiger partial charge in [-0.2, -0.15) is 0 Å². The van der Waals surface area contributed by atoms with Crippen molar-refractivity contribution < 1.29 is 4.74 Å². The van der Waals surface area contributed by atoms with Crippen LogP contribution in [0.25, 0.3) is 0 Å². The number of likely N-dealkylation sites (N-methyl/N-ethyl adjacent to an activating group) is 1. The van der Waals surface area contributed by atoms with Crippen molar-refractivity contribution in [3.63, 3.8) is 0 Å². The first-order valence-corrected chi connectivity index (χ1v) is 6.01. The lowest BCUT2D eigenvalue weighted by atomic mass is 10.0. The van der Waals surface area contributed by atoms with Crippen molar-refractivity contribution in [3.05, 3.63) is 35.4 Å². The Morgan fingerprint density at radius 3 is 2.38 bits per heavy atom. The fourth-order valence-corrected chi connectivity index (χ4v) is 1.86. The second-order valence-corrected chi connectivity index (χ2v) is 4.25. The summed E-state index contributed by atoms with van der Waals surface area (Å²) in [6.07, 6.45) is 1.26. The number of hydrogen-bond donors (Lipinski definition) is 1. The maximum atomic E-state index is 5.63. The van der Waals surface area contributed by atoms with Gasteiger partial charge in [0.2, 0.25) is 0 Å². The number of benzene rings is 1. The van der Waals surface area contributed by atoms with Crippen molar-refractivity contribution in [2.75, 3.05) is 13.7 Å². The van der Waals surface area contributed by atoms with Gasteiger partial charge in [0.25, 0.3) is 0 Å². The highest BCUT2D eigenvalue weighted by molar-refractivity contribution is 5.22. The zero-order valence-electron chi connectivity index (χ0n) is 10.8. The zero-order chi connectivity index (χ0) is 12.0. The van der Waals surface area contributed by atoms with Gasteiger partial charge in [0.15, 0.2) is 0 Å². The van der Waals surface area contributed by atoms with Crippen LogP contribution in [0.5, 0.6) is 0 Å². The Morgan fingerprint density at radius 2 is 1.88 bits per heavy atom. The minimum atomic E-state index is 0.247. The Bertz CT molecular complexity index is 294. The maximum Gasteiger partial charge on any atom is 0.0702 e. The van der Waals surface area contributed by atoms with Crippen LogP contribution in [0.1, 0.15) is 25.0 Å². The highest BCUT2D eigenvalue weighted by Crippen LogP contribution is 2.09. The van der Waals surface area contributed by atoms with E-state index < -0.39 is 0 Å². The summed E-state index contributed by atoms with van der Waals surface area (Å²) in [5.74, 6) is 0. The molecule has 2 nitrogen and oxygen atoms in total. The van der Waals surface area contributed by atoms with Gasteiger partial charge in [-0.15, -0.1) is 0 Å². The Balaban J connectivity index is 2.59. The maximum absolute atomic E-state index is 5.63. The van der Waals surface area contributed by atoms with Crippen molar-refractivity contribution in [1.29, 1.82) is 0 Å². The topological polar surface area (TPSA) is 21.3 Å². The fraction of sp³-hybridized carbons (Fsp3) is 0.571. The van der Waals surface area contributed by atoms with Crippen molar-refractivity contribution in [3.8, 4) is 0 Å². The molecule has 2 atom stereocenters. The van der Waals surface area contributed by atoms with Gasteiger partial charge < -0.3 is 10.1 Å². The zero-order valence-corrected chi connectivity index (χ0v) is 10.8. The lowest BCUT2D eigenvalue weighted by molar-refractivity contribution is 0.0497. The van der Waals surface area contributed by atoms with E-state index in [2.05, 4.69) is 43.4 Å². The molecule has 0 amide bonds. The molecule has 0 spiro atoms. The van der Waals surface area contributed by atoms with Crippen molar-refractivity contribution in [1.82, 2.24) is 5.32 Å². The van der Waals surface area contributed by atoms with Crippen LogP contribution in [0.4, 0.5) is 0 Å². The molecule has 2 heteroatoms. The van der Waals surface area contributed by atoms with Crippen LogP contribution in [0.2, 0.25) is 0 Å². The monoisotopic (exact) mass is 221 g/mol. The summed E-state index contributed by atoms with van der Waals surface area (Å²) in [6.45, 7) is 7.04. The third-order valence-corrected chi connectivity index (χ3v) is 2.94. The smallest absolute Gasteiger partial charge is 0.0702 e. The van der Waals surface area contributed by atoms with Crippen molar-refractivity contribution in [2.24, 2.45) is 0 Å². The molecule has 1 N–H and O–H groups in total. The van der Waals surface area contributed by atoms with E-state index in [9.17, 15) is 0 Å². The fourth-order valence-electron chi connectivity index (χ4n) is 1.86. The van der Waals surface area contributed by atoms with Gasteiger partial charge in [-0.3, -0.25) is 0 Å². The number of aryl methyl sites for hydroxylation is 1. The predicted octanol–water partition coefficient (Wildman–Crippen LogP) is 2.55. The molecule has 0 saturated carbocycles. The molecule has 16 heavy (non-hydrogen) atoms. The van der Waals surface area contributed by atoms with E-state index in [4.69, 9.17) is 4.74 Å². The predicted molar refractivity (Wildman–Crippen MR) is 68.8 cm³/mol. The molecule has 0 saturated heterocycles. The van der Waals surface area contributed by atoms with Gasteiger partial charge in [0, 0.05) is 12.6 Å². The molecular formula is C14H23NO. The molecule has 90 valence electrons. The van der Waals surface area contributed by atoms with Gasteiger partial charge in [0.1, 0.15) is 0 Å². The number of ether oxygens (including phenoxy) is 1. The molecule has 0 heterocycles. The van der Waals surface area contributed by atoms with E-state index in [-0.39, 0.29) is 6.10 Å². The van der Waals surface area contributed by atoms with Crippen LogP contribution in [0.15, 0.2) is 24.3 Å². The normalized spacial score (nSPS) is 14.8. The largest absolute Gasteiger partial charge is 0.377 e. The minimum absolute atomic E-state index is 0.247. The van der Waals surface area contributed by atoms with Crippen LogP contribution in [-0.4, -0.2) is 25.8 Å². The van der Waals surface area contributed by atoms with Gasteiger partial charge in [0.05, 0.1) is 6.10 Å². The summed E-state index contributed by atoms with van der Waals surface area (Å²) in [5, 5.41) is 3.32. The lowest BCUT2D eigenvalue weighted by Gasteiger charge is -2.23. The highest BCUT2D eigenvalue weighted by atomic mass is 16.5. The summed E-state index contributed by atoms with van der Waals surface area (Å²) in [7, 11) is 1.99. The molecule has 1 rings (SSSR count). The molecule has 1 aromatic rings. The first-order valence-electron chi connectivity index (χ1n) is 6.01. The van der Waals surface area contributed by atoms with Gasteiger partial charge in [-0.25, -0.2) is 0 Å². The molecule has 0 aliphatic heterocycles. The summed E-state index contributed by atoms with van der Waals surface area (Å²) >= 11 is 0. The second-order valence-electron chi connectivity index (χ2n) is 4.25. The quantitative estimate of drug-likeness (QED) is 0.797. The average molecular weight is 221 g/mol. The SMILES string of the molecule is CCOC(C)C(Cc1ccc(C)cc1)NC. The standard InChI is InChI=1S/C14H23NO/c1-5-16-12(3)14(15-4)10-13-8-6-11(2)7-9-13/h6-9,12,14-15H,5,10H2,1-4H3. The second kappa shape index (κ2) is 6.66. The van der Waals surface area contributed by atoms with Crippen LogP contribution in [-0.2, 0) is 11.2 Å². The van der Waals surface area contributed by atoms with E-state index in [1.807, 2.05) is 14.0 Å². The third-order valence-electron chi connectivity index (χ3n) is 2.94. The molecule has 2 unspecified atom stereocenters. The van der Waals surface area contributed by atoms with Crippen LogP contribution < -0.4 is 5.32 Å². The van der Waals surface area contributed by atoms with E-state index >= 15 is 0 Å². The number of nitrogens with one attached hydrogen (secondary N) is 1.